The number of fused-ring (bicyclic) bond motifs is 3. The van der Waals surface area contributed by atoms with Gasteiger partial charge in [0.1, 0.15) is 5.82 Å². The Kier molecular flexibility index (Phi) is 6.58. The monoisotopic (exact) mass is 453 g/mol. The topological polar surface area (TPSA) is 72.9 Å². The van der Waals surface area contributed by atoms with Gasteiger partial charge in [-0.05, 0) is 82.2 Å². The quantitative estimate of drug-likeness (QED) is 0.431. The highest BCUT2D eigenvalue weighted by Crippen LogP contribution is 2.41. The molecule has 2 fully saturated rings. The second kappa shape index (κ2) is 9.75. The smallest absolute Gasteiger partial charge is 0.311 e. The summed E-state index contributed by atoms with van der Waals surface area (Å²) in [4.78, 5) is 19.6. The first-order valence-corrected chi connectivity index (χ1v) is 12.5. The molecule has 1 aliphatic heterocycles. The first-order valence-electron chi connectivity index (χ1n) is 12.5. The number of nitrogens with zero attached hydrogens (tertiary/aromatic N) is 2. The maximum absolute atomic E-state index is 12.1. The molecule has 2 atom stereocenters. The van der Waals surface area contributed by atoms with Gasteiger partial charge in [-0.2, -0.15) is 0 Å². The van der Waals surface area contributed by atoms with Crippen LogP contribution in [0, 0.1) is 5.92 Å². The van der Waals surface area contributed by atoms with Gasteiger partial charge >= 0.3 is 5.97 Å². The second-order valence-corrected chi connectivity index (χ2v) is 9.39. The normalized spacial score (nSPS) is 21.8. The third kappa shape index (κ3) is 4.74. The van der Waals surface area contributed by atoms with Gasteiger partial charge in [-0.1, -0.05) is 0 Å². The van der Waals surface area contributed by atoms with Gasteiger partial charge in [0.2, 0.25) is 0 Å². The number of benzene rings is 1. The summed E-state index contributed by atoms with van der Waals surface area (Å²) in [5.41, 5.74) is 3.54. The van der Waals surface area contributed by atoms with Gasteiger partial charge in [0.05, 0.1) is 31.8 Å². The molecule has 1 saturated heterocycles. The van der Waals surface area contributed by atoms with Crippen molar-refractivity contribution < 1.29 is 19.0 Å². The number of pyridine rings is 1. The molecule has 0 radical (unpaired) electrons. The molecule has 0 amide bonds. The van der Waals surface area contributed by atoms with Crippen molar-refractivity contribution >= 4 is 22.7 Å². The maximum Gasteiger partial charge on any atom is 0.311 e. The number of ether oxygens (including phenoxy) is 3. The molecule has 1 saturated carbocycles. The molecule has 2 heterocycles. The van der Waals surface area contributed by atoms with E-state index in [2.05, 4.69) is 16.3 Å². The minimum Gasteiger partial charge on any atom is -0.493 e. The standard InChI is InChI=1S/C26H35N3O4/c1-3-32-26(30)20-14-21(20)27-25-18-9-6-8-17(18)19-15-23(31-2)24(16-22(19)28-25)33-13-7-12-29-10-4-5-11-29/h15-16,20-21H,3-14H2,1-2H3,(H,27,28). The Morgan fingerprint density at radius 2 is 1.97 bits per heavy atom. The van der Waals surface area contributed by atoms with Crippen LogP contribution in [0.4, 0.5) is 5.82 Å². The van der Waals surface area contributed by atoms with Crippen LogP contribution in [0.5, 0.6) is 11.5 Å². The molecule has 5 rings (SSSR count). The van der Waals surface area contributed by atoms with Crippen LogP contribution in [0.15, 0.2) is 12.1 Å². The molecular formula is C26H35N3O4. The van der Waals surface area contributed by atoms with Crippen molar-refractivity contribution in [3.63, 3.8) is 0 Å². The number of esters is 1. The summed E-state index contributed by atoms with van der Waals surface area (Å²) in [6.07, 6.45) is 7.60. The molecule has 7 nitrogen and oxygen atoms in total. The molecule has 1 aromatic carbocycles. The third-order valence-corrected chi connectivity index (χ3v) is 7.12. The van der Waals surface area contributed by atoms with E-state index < -0.39 is 0 Å². The van der Waals surface area contributed by atoms with Crippen LogP contribution in [0.2, 0.25) is 0 Å². The van der Waals surface area contributed by atoms with Crippen LogP contribution in [0.3, 0.4) is 0 Å². The Morgan fingerprint density at radius 3 is 2.76 bits per heavy atom. The van der Waals surface area contributed by atoms with Crippen molar-refractivity contribution in [3.8, 4) is 11.5 Å². The van der Waals surface area contributed by atoms with Gasteiger partial charge < -0.3 is 24.4 Å². The summed E-state index contributed by atoms with van der Waals surface area (Å²) in [6, 6.07) is 4.21. The van der Waals surface area contributed by atoms with E-state index in [0.717, 1.165) is 66.9 Å². The summed E-state index contributed by atoms with van der Waals surface area (Å²) < 4.78 is 17.0. The molecule has 2 aromatic rings. The Bertz CT molecular complexity index is 1020. The first kappa shape index (κ1) is 22.3. The van der Waals surface area contributed by atoms with E-state index in [0.29, 0.717) is 13.2 Å². The summed E-state index contributed by atoms with van der Waals surface area (Å²) in [6.45, 7) is 6.44. The maximum atomic E-state index is 12.1. The summed E-state index contributed by atoms with van der Waals surface area (Å²) in [5.74, 6) is 2.26. The van der Waals surface area contributed by atoms with E-state index in [-0.39, 0.29) is 17.9 Å². The number of methoxy groups -OCH3 is 1. The van der Waals surface area contributed by atoms with Crippen molar-refractivity contribution in [3.05, 3.63) is 23.3 Å². The number of carbonyl (C=O) groups excluding carboxylic acids is 1. The largest absolute Gasteiger partial charge is 0.493 e. The van der Waals surface area contributed by atoms with Gasteiger partial charge in [-0.15, -0.1) is 0 Å². The highest BCUT2D eigenvalue weighted by atomic mass is 16.5. The molecule has 2 aliphatic carbocycles. The Morgan fingerprint density at radius 1 is 1.15 bits per heavy atom. The summed E-state index contributed by atoms with van der Waals surface area (Å²) >= 11 is 0. The van der Waals surface area contributed by atoms with Crippen molar-refractivity contribution in [2.45, 2.75) is 57.9 Å². The van der Waals surface area contributed by atoms with Crippen molar-refractivity contribution in [1.29, 1.82) is 0 Å². The summed E-state index contributed by atoms with van der Waals surface area (Å²) in [5, 5.41) is 4.69. The average Bonchev–Trinajstić information content (AvgIpc) is 3.17. The Balaban J connectivity index is 1.34. The predicted octanol–water partition coefficient (Wildman–Crippen LogP) is 3.96. The zero-order chi connectivity index (χ0) is 22.8. The van der Waals surface area contributed by atoms with Crippen LogP contribution < -0.4 is 14.8 Å². The Hall–Kier alpha value is -2.54. The molecule has 33 heavy (non-hydrogen) atoms. The highest BCUT2D eigenvalue weighted by Gasteiger charge is 2.45. The number of carbonyl (C=O) groups is 1. The summed E-state index contributed by atoms with van der Waals surface area (Å²) in [7, 11) is 1.70. The van der Waals surface area contributed by atoms with Crippen LogP contribution in [0.1, 0.15) is 50.2 Å². The lowest BCUT2D eigenvalue weighted by atomic mass is 10.0. The van der Waals surface area contributed by atoms with E-state index in [4.69, 9.17) is 19.2 Å². The van der Waals surface area contributed by atoms with Gasteiger partial charge in [0, 0.05) is 24.0 Å². The number of anilines is 1. The number of hydrogen-bond donors (Lipinski definition) is 1. The lowest BCUT2D eigenvalue weighted by molar-refractivity contribution is -0.144. The van der Waals surface area contributed by atoms with Gasteiger partial charge in [0.15, 0.2) is 11.5 Å². The zero-order valence-corrected chi connectivity index (χ0v) is 19.8. The van der Waals surface area contributed by atoms with E-state index in [1.807, 2.05) is 13.0 Å². The molecule has 2 unspecified atom stereocenters. The molecule has 1 N–H and O–H groups in total. The van der Waals surface area contributed by atoms with Gasteiger partial charge in [-0.3, -0.25) is 4.79 Å². The van der Waals surface area contributed by atoms with Crippen LogP contribution in [-0.2, 0) is 22.4 Å². The fourth-order valence-electron chi connectivity index (χ4n) is 5.28. The highest BCUT2D eigenvalue weighted by molar-refractivity contribution is 5.90. The van der Waals surface area contributed by atoms with E-state index in [9.17, 15) is 4.79 Å². The molecular weight excluding hydrogens is 418 g/mol. The zero-order valence-electron chi connectivity index (χ0n) is 19.8. The van der Waals surface area contributed by atoms with E-state index in [1.165, 1.54) is 37.1 Å². The third-order valence-electron chi connectivity index (χ3n) is 7.12. The lowest BCUT2D eigenvalue weighted by Crippen LogP contribution is -2.21. The number of aryl methyl sites for hydroxylation is 1. The first-order chi connectivity index (χ1) is 16.2. The number of aromatic nitrogens is 1. The van der Waals surface area contributed by atoms with Crippen molar-refractivity contribution in [2.75, 3.05) is 45.3 Å². The fourth-order valence-corrected chi connectivity index (χ4v) is 5.28. The second-order valence-electron chi connectivity index (χ2n) is 9.39. The van der Waals surface area contributed by atoms with Crippen molar-refractivity contribution in [1.82, 2.24) is 9.88 Å². The van der Waals surface area contributed by atoms with Crippen LogP contribution in [0.25, 0.3) is 10.9 Å². The number of hydrogen-bond acceptors (Lipinski definition) is 7. The Labute approximate surface area is 195 Å². The average molecular weight is 454 g/mol. The molecule has 7 heteroatoms. The van der Waals surface area contributed by atoms with E-state index in [1.54, 1.807) is 7.11 Å². The minimum absolute atomic E-state index is 0.0649. The number of likely N-dealkylation sites (tertiary alicyclic amines) is 1. The van der Waals surface area contributed by atoms with Crippen LogP contribution in [-0.4, -0.2) is 61.9 Å². The molecule has 178 valence electrons. The van der Waals surface area contributed by atoms with Gasteiger partial charge in [0.25, 0.3) is 0 Å². The molecule has 1 aromatic heterocycles. The minimum atomic E-state index is -0.109. The van der Waals surface area contributed by atoms with Gasteiger partial charge in [-0.25, -0.2) is 4.98 Å². The lowest BCUT2D eigenvalue weighted by Gasteiger charge is -2.17. The molecule has 0 spiro atoms. The SMILES string of the molecule is CCOC(=O)C1CC1Nc1nc2cc(OCCCN3CCCC3)c(OC)cc2c2c1CCC2. The fraction of sp³-hybridized carbons (Fsp3) is 0.615. The van der Waals surface area contributed by atoms with Crippen LogP contribution >= 0.6 is 0 Å². The number of rotatable bonds is 10. The number of nitrogens with one attached hydrogen (secondary N) is 1. The molecule has 3 aliphatic rings. The predicted molar refractivity (Wildman–Crippen MR) is 128 cm³/mol. The van der Waals surface area contributed by atoms with Crippen molar-refractivity contribution in [2.24, 2.45) is 5.92 Å². The van der Waals surface area contributed by atoms with E-state index >= 15 is 0 Å². The molecule has 0 bridgehead atoms.